The Morgan fingerprint density at radius 1 is 1.19 bits per heavy atom. The third kappa shape index (κ3) is 4.38. The Morgan fingerprint density at radius 3 is 2.81 bits per heavy atom. The molecule has 0 spiro atoms. The van der Waals surface area contributed by atoms with E-state index in [1.54, 1.807) is 0 Å². The zero-order chi connectivity index (χ0) is 18.6. The van der Waals surface area contributed by atoms with Gasteiger partial charge in [0.1, 0.15) is 0 Å². The summed E-state index contributed by atoms with van der Waals surface area (Å²) >= 11 is 0. The second-order valence-corrected chi connectivity index (χ2v) is 8.00. The summed E-state index contributed by atoms with van der Waals surface area (Å²) in [4.78, 5) is 14.9. The summed E-state index contributed by atoms with van der Waals surface area (Å²) in [6, 6.07) is 9.16. The lowest BCUT2D eigenvalue weighted by Crippen LogP contribution is -2.36. The number of rotatable bonds is 5. The third-order valence-corrected chi connectivity index (χ3v) is 5.94. The highest BCUT2D eigenvalue weighted by atomic mass is 16.2. The molecule has 2 heterocycles. The highest BCUT2D eigenvalue weighted by molar-refractivity contribution is 5.92. The Balaban J connectivity index is 1.37. The second kappa shape index (κ2) is 8.21. The van der Waals surface area contributed by atoms with Crippen LogP contribution in [0.5, 0.6) is 0 Å². The highest BCUT2D eigenvalue weighted by Crippen LogP contribution is 2.23. The zero-order valence-electron chi connectivity index (χ0n) is 16.1. The van der Waals surface area contributed by atoms with Crippen molar-refractivity contribution in [3.8, 4) is 0 Å². The van der Waals surface area contributed by atoms with Crippen molar-refractivity contribution in [1.82, 2.24) is 25.2 Å². The fraction of sp³-hybridized carbons (Fsp3) is 0.571. The minimum Gasteiger partial charge on any atom is -0.348 e. The first-order valence-corrected chi connectivity index (χ1v) is 10.2. The van der Waals surface area contributed by atoms with E-state index in [2.05, 4.69) is 51.7 Å². The second-order valence-electron chi connectivity index (χ2n) is 8.00. The monoisotopic (exact) mass is 367 g/mol. The summed E-state index contributed by atoms with van der Waals surface area (Å²) in [7, 11) is 0. The van der Waals surface area contributed by atoms with Crippen LogP contribution in [-0.2, 0) is 6.54 Å². The molecule has 6 nitrogen and oxygen atoms in total. The van der Waals surface area contributed by atoms with Crippen molar-refractivity contribution in [1.29, 1.82) is 0 Å². The van der Waals surface area contributed by atoms with Crippen molar-refractivity contribution in [2.24, 2.45) is 0 Å². The van der Waals surface area contributed by atoms with Crippen LogP contribution in [0.25, 0.3) is 0 Å². The Morgan fingerprint density at radius 2 is 2.00 bits per heavy atom. The van der Waals surface area contributed by atoms with E-state index < -0.39 is 0 Å². The lowest BCUT2D eigenvalue weighted by Gasteiger charge is -2.32. The van der Waals surface area contributed by atoms with Crippen LogP contribution in [0.1, 0.15) is 66.2 Å². The average molecular weight is 367 g/mol. The number of amides is 1. The topological polar surface area (TPSA) is 63.1 Å². The Hall–Kier alpha value is -2.21. The molecule has 0 unspecified atom stereocenters. The molecule has 1 saturated carbocycles. The Bertz CT molecular complexity index is 780. The summed E-state index contributed by atoms with van der Waals surface area (Å²) < 4.78 is 1.90. The molecular formula is C21H29N5O. The van der Waals surface area contributed by atoms with Crippen molar-refractivity contribution < 1.29 is 4.79 Å². The van der Waals surface area contributed by atoms with E-state index in [0.29, 0.717) is 11.7 Å². The predicted octanol–water partition coefficient (Wildman–Crippen LogP) is 3.10. The molecule has 2 aromatic rings. The molecule has 6 heteroatoms. The van der Waals surface area contributed by atoms with Gasteiger partial charge in [-0.2, -0.15) is 0 Å². The molecule has 1 aromatic carbocycles. The van der Waals surface area contributed by atoms with E-state index in [0.717, 1.165) is 45.3 Å². The number of aromatic nitrogens is 3. The number of piperidine rings is 1. The molecule has 1 amide bonds. The number of aryl methyl sites for hydroxylation is 1. The molecule has 144 valence electrons. The van der Waals surface area contributed by atoms with E-state index in [4.69, 9.17) is 0 Å². The Kier molecular flexibility index (Phi) is 5.53. The molecular weight excluding hydrogens is 338 g/mol. The minimum absolute atomic E-state index is 0.0827. The number of carbonyl (C=O) groups excluding carboxylic acids is 1. The third-order valence-electron chi connectivity index (χ3n) is 5.94. The van der Waals surface area contributed by atoms with Crippen LogP contribution < -0.4 is 5.32 Å². The quantitative estimate of drug-likeness (QED) is 0.882. The van der Waals surface area contributed by atoms with Crippen LogP contribution in [-0.4, -0.2) is 44.9 Å². The van der Waals surface area contributed by atoms with Crippen LogP contribution in [0.3, 0.4) is 0 Å². The Labute approximate surface area is 160 Å². The normalized spacial score (nSPS) is 21.4. The molecule has 1 N–H and O–H groups in total. The van der Waals surface area contributed by atoms with Gasteiger partial charge in [0.15, 0.2) is 5.69 Å². The SMILES string of the molecule is Cc1ccccc1CN1CCC[C@H](n2cc(C(=O)NC3CCCC3)nn2)C1. The molecule has 27 heavy (non-hydrogen) atoms. The molecule has 0 bridgehead atoms. The largest absolute Gasteiger partial charge is 0.348 e. The van der Waals surface area contributed by atoms with Gasteiger partial charge in [0.05, 0.1) is 12.2 Å². The molecule has 1 aliphatic carbocycles. The molecule has 2 aliphatic rings. The average Bonchev–Trinajstić information content (AvgIpc) is 3.36. The lowest BCUT2D eigenvalue weighted by molar-refractivity contribution is 0.0932. The predicted molar refractivity (Wildman–Crippen MR) is 104 cm³/mol. The number of benzene rings is 1. The van der Waals surface area contributed by atoms with Gasteiger partial charge in [-0.25, -0.2) is 4.68 Å². The number of hydrogen-bond acceptors (Lipinski definition) is 4. The van der Waals surface area contributed by atoms with Gasteiger partial charge >= 0.3 is 0 Å². The molecule has 1 atom stereocenters. The first kappa shape index (κ1) is 18.2. The smallest absolute Gasteiger partial charge is 0.273 e. The van der Waals surface area contributed by atoms with Gasteiger partial charge < -0.3 is 5.32 Å². The standard InChI is InChI=1S/C21H29N5O/c1-16-7-2-3-8-17(16)13-25-12-6-11-19(14-25)26-15-20(23-24-26)21(27)22-18-9-4-5-10-18/h2-3,7-8,15,18-19H,4-6,9-14H2,1H3,(H,22,27)/t19-/m0/s1. The maximum Gasteiger partial charge on any atom is 0.273 e. The summed E-state index contributed by atoms with van der Waals surface area (Å²) in [5, 5.41) is 11.5. The summed E-state index contributed by atoms with van der Waals surface area (Å²) in [6.07, 6.45) is 8.61. The van der Waals surface area contributed by atoms with Gasteiger partial charge in [-0.1, -0.05) is 42.3 Å². The summed E-state index contributed by atoms with van der Waals surface area (Å²) in [5.41, 5.74) is 3.16. The van der Waals surface area contributed by atoms with Gasteiger partial charge in [-0.05, 0) is 50.3 Å². The molecule has 1 aliphatic heterocycles. The first-order chi connectivity index (χ1) is 13.2. The van der Waals surface area contributed by atoms with Crippen molar-refractivity contribution in [3.05, 3.63) is 47.3 Å². The fourth-order valence-electron chi connectivity index (χ4n) is 4.31. The number of nitrogens with one attached hydrogen (secondary N) is 1. The summed E-state index contributed by atoms with van der Waals surface area (Å²) in [6.45, 7) is 5.19. The van der Waals surface area contributed by atoms with Crippen molar-refractivity contribution in [2.45, 2.75) is 64.1 Å². The van der Waals surface area contributed by atoms with Crippen LogP contribution in [0, 0.1) is 6.92 Å². The van der Waals surface area contributed by atoms with Crippen molar-refractivity contribution >= 4 is 5.91 Å². The molecule has 0 radical (unpaired) electrons. The molecule has 1 saturated heterocycles. The molecule has 1 aromatic heterocycles. The fourth-order valence-corrected chi connectivity index (χ4v) is 4.31. The molecule has 2 fully saturated rings. The van der Waals surface area contributed by atoms with E-state index in [-0.39, 0.29) is 11.9 Å². The van der Waals surface area contributed by atoms with Gasteiger partial charge in [0, 0.05) is 19.1 Å². The van der Waals surface area contributed by atoms with Gasteiger partial charge in [-0.15, -0.1) is 5.10 Å². The van der Waals surface area contributed by atoms with Gasteiger partial charge in [0.2, 0.25) is 0 Å². The van der Waals surface area contributed by atoms with E-state index in [1.807, 2.05) is 10.9 Å². The van der Waals surface area contributed by atoms with Crippen molar-refractivity contribution in [3.63, 3.8) is 0 Å². The van der Waals surface area contributed by atoms with Gasteiger partial charge in [0.25, 0.3) is 5.91 Å². The zero-order valence-corrected chi connectivity index (χ0v) is 16.1. The van der Waals surface area contributed by atoms with Crippen molar-refractivity contribution in [2.75, 3.05) is 13.1 Å². The highest BCUT2D eigenvalue weighted by Gasteiger charge is 2.25. The molecule has 4 rings (SSSR count). The number of hydrogen-bond donors (Lipinski definition) is 1. The van der Waals surface area contributed by atoms with Crippen LogP contribution in [0.2, 0.25) is 0 Å². The maximum atomic E-state index is 12.4. The van der Waals surface area contributed by atoms with Crippen LogP contribution in [0.15, 0.2) is 30.5 Å². The summed E-state index contributed by atoms with van der Waals surface area (Å²) in [5.74, 6) is -0.0827. The lowest BCUT2D eigenvalue weighted by atomic mass is 10.0. The van der Waals surface area contributed by atoms with Gasteiger partial charge in [-0.3, -0.25) is 9.69 Å². The number of likely N-dealkylation sites (tertiary alicyclic amines) is 1. The number of nitrogens with zero attached hydrogens (tertiary/aromatic N) is 4. The first-order valence-electron chi connectivity index (χ1n) is 10.2. The number of carbonyl (C=O) groups is 1. The van der Waals surface area contributed by atoms with E-state index >= 15 is 0 Å². The van der Waals surface area contributed by atoms with Crippen LogP contribution in [0.4, 0.5) is 0 Å². The minimum atomic E-state index is -0.0827. The maximum absolute atomic E-state index is 12.4. The van der Waals surface area contributed by atoms with Crippen LogP contribution >= 0.6 is 0 Å². The van der Waals surface area contributed by atoms with E-state index in [9.17, 15) is 4.79 Å². The van der Waals surface area contributed by atoms with E-state index in [1.165, 1.54) is 24.0 Å².